The third-order valence-corrected chi connectivity index (χ3v) is 5.27. The summed E-state index contributed by atoms with van der Waals surface area (Å²) in [6.45, 7) is 1.82. The second-order valence-electron chi connectivity index (χ2n) is 7.04. The van der Waals surface area contributed by atoms with Crippen LogP contribution in [0.2, 0.25) is 0 Å². The lowest BCUT2D eigenvalue weighted by molar-refractivity contribution is 0.0697. The molecule has 4 aromatic rings. The van der Waals surface area contributed by atoms with Gasteiger partial charge in [-0.2, -0.15) is 0 Å². The van der Waals surface area contributed by atoms with Crippen molar-refractivity contribution in [2.75, 3.05) is 18.0 Å². The molecule has 6 heteroatoms. The number of hydrogen-bond acceptors (Lipinski definition) is 4. The van der Waals surface area contributed by atoms with Gasteiger partial charge in [0.1, 0.15) is 17.2 Å². The molecule has 1 saturated heterocycles. The number of hydrogen-bond donors (Lipinski definition) is 1. The highest BCUT2D eigenvalue weighted by atomic mass is 19.1. The Morgan fingerprint density at radius 3 is 2.71 bits per heavy atom. The highest BCUT2D eigenvalue weighted by molar-refractivity contribution is 6.04. The van der Waals surface area contributed by atoms with Gasteiger partial charge in [0, 0.05) is 23.9 Å². The van der Waals surface area contributed by atoms with Gasteiger partial charge in [-0.15, -0.1) is 0 Å². The average Bonchev–Trinajstić information content (AvgIpc) is 3.35. The Morgan fingerprint density at radius 2 is 1.93 bits per heavy atom. The number of carboxylic acid groups (broad SMARTS) is 1. The van der Waals surface area contributed by atoms with Crippen molar-refractivity contribution in [1.29, 1.82) is 0 Å². The van der Waals surface area contributed by atoms with Gasteiger partial charge >= 0.3 is 5.97 Å². The van der Waals surface area contributed by atoms with E-state index in [4.69, 9.17) is 4.42 Å². The van der Waals surface area contributed by atoms with E-state index >= 15 is 0 Å². The monoisotopic (exact) mass is 376 g/mol. The van der Waals surface area contributed by atoms with Crippen molar-refractivity contribution in [2.45, 2.75) is 12.8 Å². The van der Waals surface area contributed by atoms with E-state index < -0.39 is 5.97 Å². The van der Waals surface area contributed by atoms with Crippen molar-refractivity contribution >= 4 is 33.5 Å². The van der Waals surface area contributed by atoms with Crippen LogP contribution >= 0.6 is 0 Å². The fraction of sp³-hybridized carbons (Fsp3) is 0.182. The third kappa shape index (κ3) is 2.69. The van der Waals surface area contributed by atoms with Gasteiger partial charge in [-0.3, -0.25) is 4.98 Å². The molecule has 0 atom stereocenters. The fourth-order valence-corrected chi connectivity index (χ4v) is 3.91. The number of carbonyl (C=O) groups is 1. The summed E-state index contributed by atoms with van der Waals surface area (Å²) in [6.07, 6.45) is 4.01. The predicted octanol–water partition coefficient (Wildman–Crippen LogP) is 5.09. The lowest BCUT2D eigenvalue weighted by atomic mass is 10.0. The van der Waals surface area contributed by atoms with E-state index in [2.05, 4.69) is 9.88 Å². The van der Waals surface area contributed by atoms with Crippen molar-refractivity contribution in [1.82, 2.24) is 4.98 Å². The molecule has 0 bridgehead atoms. The predicted molar refractivity (Wildman–Crippen MR) is 105 cm³/mol. The zero-order valence-corrected chi connectivity index (χ0v) is 15.0. The molecule has 0 spiro atoms. The summed E-state index contributed by atoms with van der Waals surface area (Å²) in [5, 5.41) is 10.8. The van der Waals surface area contributed by atoms with E-state index in [1.807, 2.05) is 6.20 Å². The maximum atomic E-state index is 13.6. The number of nitrogens with zero attached hydrogens (tertiary/aromatic N) is 2. The van der Waals surface area contributed by atoms with Gasteiger partial charge in [0.15, 0.2) is 0 Å². The molecule has 5 rings (SSSR count). The van der Waals surface area contributed by atoms with Gasteiger partial charge in [-0.05, 0) is 55.3 Å². The molecule has 0 amide bonds. The second-order valence-corrected chi connectivity index (χ2v) is 7.04. The SMILES string of the molecule is O=C(O)c1ccc2ncc(N3CCCC3)c(-c3cc4cc(F)ccc4o3)c2c1. The zero-order valence-electron chi connectivity index (χ0n) is 15.0. The van der Waals surface area contributed by atoms with Crippen LogP contribution in [-0.4, -0.2) is 29.1 Å². The zero-order chi connectivity index (χ0) is 19.3. The largest absolute Gasteiger partial charge is 0.478 e. The minimum absolute atomic E-state index is 0.191. The van der Waals surface area contributed by atoms with Crippen molar-refractivity contribution in [3.63, 3.8) is 0 Å². The quantitative estimate of drug-likeness (QED) is 0.540. The summed E-state index contributed by atoms with van der Waals surface area (Å²) in [4.78, 5) is 18.3. The van der Waals surface area contributed by atoms with E-state index in [0.29, 0.717) is 27.6 Å². The summed E-state index contributed by atoms with van der Waals surface area (Å²) in [5.74, 6) is -0.740. The first-order valence-corrected chi connectivity index (χ1v) is 9.20. The van der Waals surface area contributed by atoms with Crippen LogP contribution in [0.5, 0.6) is 0 Å². The number of pyridine rings is 1. The summed E-state index contributed by atoms with van der Waals surface area (Å²) < 4.78 is 19.7. The molecule has 140 valence electrons. The van der Waals surface area contributed by atoms with Crippen molar-refractivity contribution in [3.05, 3.63) is 60.0 Å². The number of benzene rings is 2. The first-order valence-electron chi connectivity index (χ1n) is 9.20. The summed E-state index contributed by atoms with van der Waals surface area (Å²) in [5.41, 5.74) is 3.17. The van der Waals surface area contributed by atoms with Crippen LogP contribution in [0.1, 0.15) is 23.2 Å². The molecule has 2 aromatic carbocycles. The molecule has 1 aliphatic rings. The first-order chi connectivity index (χ1) is 13.6. The van der Waals surface area contributed by atoms with Crippen LogP contribution in [0.25, 0.3) is 33.2 Å². The summed E-state index contributed by atoms with van der Waals surface area (Å²) >= 11 is 0. The molecule has 1 fully saturated rings. The number of rotatable bonds is 3. The lowest BCUT2D eigenvalue weighted by Gasteiger charge is -2.21. The maximum Gasteiger partial charge on any atom is 0.335 e. The normalized spacial score (nSPS) is 14.2. The minimum atomic E-state index is -0.994. The molecular formula is C22H17FN2O3. The van der Waals surface area contributed by atoms with Crippen LogP contribution in [0.4, 0.5) is 10.1 Å². The van der Waals surface area contributed by atoms with Gasteiger partial charge < -0.3 is 14.4 Å². The van der Waals surface area contributed by atoms with E-state index in [0.717, 1.165) is 37.2 Å². The molecule has 0 radical (unpaired) electrons. The number of furan rings is 1. The Balaban J connectivity index is 1.82. The molecule has 28 heavy (non-hydrogen) atoms. The van der Waals surface area contributed by atoms with Crippen LogP contribution < -0.4 is 4.90 Å². The molecule has 5 nitrogen and oxygen atoms in total. The highest BCUT2D eigenvalue weighted by Gasteiger charge is 2.22. The van der Waals surface area contributed by atoms with Crippen molar-refractivity contribution in [2.24, 2.45) is 0 Å². The van der Waals surface area contributed by atoms with Gasteiger partial charge in [-0.25, -0.2) is 9.18 Å². The molecular weight excluding hydrogens is 359 g/mol. The lowest BCUT2D eigenvalue weighted by Crippen LogP contribution is -2.18. The van der Waals surface area contributed by atoms with E-state index in [1.54, 1.807) is 30.3 Å². The smallest absolute Gasteiger partial charge is 0.335 e. The first kappa shape index (κ1) is 16.7. The van der Waals surface area contributed by atoms with Crippen LogP contribution in [0, 0.1) is 5.82 Å². The third-order valence-electron chi connectivity index (χ3n) is 5.27. The highest BCUT2D eigenvalue weighted by Crippen LogP contribution is 2.40. The Labute approximate surface area is 160 Å². The molecule has 1 aliphatic heterocycles. The molecule has 2 aromatic heterocycles. The molecule has 0 saturated carbocycles. The van der Waals surface area contributed by atoms with E-state index in [9.17, 15) is 14.3 Å². The maximum absolute atomic E-state index is 13.6. The second kappa shape index (κ2) is 6.34. The molecule has 3 heterocycles. The Morgan fingerprint density at radius 1 is 1.11 bits per heavy atom. The summed E-state index contributed by atoms with van der Waals surface area (Å²) in [6, 6.07) is 11.1. The van der Waals surface area contributed by atoms with E-state index in [-0.39, 0.29) is 11.4 Å². The fourth-order valence-electron chi connectivity index (χ4n) is 3.91. The Hall–Kier alpha value is -3.41. The van der Waals surface area contributed by atoms with Crippen LogP contribution in [-0.2, 0) is 0 Å². The summed E-state index contributed by atoms with van der Waals surface area (Å²) in [7, 11) is 0. The van der Waals surface area contributed by atoms with Crippen LogP contribution in [0.15, 0.2) is 53.1 Å². The number of aromatic nitrogens is 1. The number of aromatic carboxylic acids is 1. The van der Waals surface area contributed by atoms with Gasteiger partial charge in [-0.1, -0.05) is 0 Å². The topological polar surface area (TPSA) is 66.6 Å². The number of carboxylic acids is 1. The van der Waals surface area contributed by atoms with Gasteiger partial charge in [0.05, 0.1) is 28.5 Å². The average molecular weight is 376 g/mol. The molecule has 1 N–H and O–H groups in total. The molecule has 0 aliphatic carbocycles. The van der Waals surface area contributed by atoms with Crippen molar-refractivity contribution in [3.8, 4) is 11.3 Å². The van der Waals surface area contributed by atoms with Crippen molar-refractivity contribution < 1.29 is 18.7 Å². The molecule has 0 unspecified atom stereocenters. The Kier molecular flexibility index (Phi) is 3.79. The minimum Gasteiger partial charge on any atom is -0.478 e. The van der Waals surface area contributed by atoms with E-state index in [1.165, 1.54) is 12.1 Å². The standard InChI is InChI=1S/C22H17FN2O3/c23-15-4-6-19-14(9-15)11-20(28-19)21-16-10-13(22(26)27)3-5-17(16)24-12-18(21)25-7-1-2-8-25/h3-6,9-12H,1-2,7-8H2,(H,26,27). The number of anilines is 1. The van der Waals surface area contributed by atoms with Gasteiger partial charge in [0.25, 0.3) is 0 Å². The number of halogens is 1. The Bertz CT molecular complexity index is 1230. The number of fused-ring (bicyclic) bond motifs is 2. The van der Waals surface area contributed by atoms with Crippen LogP contribution in [0.3, 0.4) is 0 Å². The van der Waals surface area contributed by atoms with Gasteiger partial charge in [0.2, 0.25) is 0 Å².